The minimum Gasteiger partial charge on any atom is -0.352 e. The van der Waals surface area contributed by atoms with E-state index in [2.05, 4.69) is 24.3 Å². The molecule has 1 heterocycles. The summed E-state index contributed by atoms with van der Waals surface area (Å²) in [6.45, 7) is 6.79. The van der Waals surface area contributed by atoms with Crippen LogP contribution in [0.4, 0.5) is 0 Å². The number of amides is 1. The van der Waals surface area contributed by atoms with E-state index in [-0.39, 0.29) is 11.8 Å². The number of nitrogens with zero attached hydrogens (tertiary/aromatic N) is 2. The largest absolute Gasteiger partial charge is 0.352 e. The average molecular weight is 306 g/mol. The third kappa shape index (κ3) is 3.45. The van der Waals surface area contributed by atoms with Crippen molar-refractivity contribution in [2.24, 2.45) is 0 Å². The van der Waals surface area contributed by atoms with Crippen molar-refractivity contribution in [3.63, 3.8) is 0 Å². The highest BCUT2D eigenvalue weighted by Crippen LogP contribution is 2.24. The summed E-state index contributed by atoms with van der Waals surface area (Å²) in [5.74, 6) is 0.0997. The summed E-state index contributed by atoms with van der Waals surface area (Å²) in [6.07, 6.45) is 2.53. The molecule has 0 saturated carbocycles. The zero-order valence-corrected chi connectivity index (χ0v) is 13.3. The molecule has 5 heteroatoms. The smallest absolute Gasteiger partial charge is 0.254 e. The van der Waals surface area contributed by atoms with Crippen molar-refractivity contribution >= 4 is 17.5 Å². The zero-order chi connectivity index (χ0) is 15.4. The van der Waals surface area contributed by atoms with Crippen LogP contribution in [0.3, 0.4) is 0 Å². The molecule has 1 amide bonds. The van der Waals surface area contributed by atoms with Crippen LogP contribution in [-0.2, 0) is 0 Å². The van der Waals surface area contributed by atoms with Crippen LogP contribution in [0.2, 0.25) is 5.02 Å². The van der Waals surface area contributed by atoms with Crippen LogP contribution in [0.1, 0.15) is 49.2 Å². The molecule has 0 fully saturated rings. The maximum absolute atomic E-state index is 12.2. The van der Waals surface area contributed by atoms with Crippen molar-refractivity contribution < 1.29 is 4.79 Å². The Balaban J connectivity index is 2.44. The fourth-order valence-electron chi connectivity index (χ4n) is 2.24. The Kier molecular flexibility index (Phi) is 5.02. The van der Waals surface area contributed by atoms with Gasteiger partial charge in [0.1, 0.15) is 0 Å². The maximum Gasteiger partial charge on any atom is 0.254 e. The van der Waals surface area contributed by atoms with Gasteiger partial charge in [0, 0.05) is 11.6 Å². The van der Waals surface area contributed by atoms with Crippen LogP contribution in [0.15, 0.2) is 30.5 Å². The molecular weight excluding hydrogens is 286 g/mol. The van der Waals surface area contributed by atoms with Crippen molar-refractivity contribution in [1.29, 1.82) is 0 Å². The Bertz CT molecular complexity index is 634. The van der Waals surface area contributed by atoms with Gasteiger partial charge in [0.2, 0.25) is 0 Å². The third-order valence-electron chi connectivity index (χ3n) is 3.19. The van der Waals surface area contributed by atoms with Gasteiger partial charge in [-0.2, -0.15) is 5.10 Å². The number of nitrogens with one attached hydrogen (secondary N) is 1. The standard InChI is InChI=1S/C16H20ClN3O/c1-4-8-18-16(21)14-10-19-20(15(14)11(2)3)13-7-5-6-12(17)9-13/h5-7,9-11H,4,8H2,1-3H3,(H,18,21). The summed E-state index contributed by atoms with van der Waals surface area (Å²) in [6, 6.07) is 7.46. The average Bonchev–Trinajstić information content (AvgIpc) is 2.89. The molecule has 112 valence electrons. The van der Waals surface area contributed by atoms with Crippen LogP contribution in [0.5, 0.6) is 0 Å². The first-order valence-corrected chi connectivity index (χ1v) is 7.54. The van der Waals surface area contributed by atoms with E-state index in [1.807, 2.05) is 31.2 Å². The molecule has 0 saturated heterocycles. The third-order valence-corrected chi connectivity index (χ3v) is 3.42. The molecule has 1 N–H and O–H groups in total. The van der Waals surface area contributed by atoms with E-state index >= 15 is 0 Å². The van der Waals surface area contributed by atoms with Crippen LogP contribution in [0, 0.1) is 0 Å². The normalized spacial score (nSPS) is 10.9. The van der Waals surface area contributed by atoms with Gasteiger partial charge < -0.3 is 5.32 Å². The van der Waals surface area contributed by atoms with Gasteiger partial charge in [-0.15, -0.1) is 0 Å². The van der Waals surface area contributed by atoms with Gasteiger partial charge >= 0.3 is 0 Å². The van der Waals surface area contributed by atoms with Crippen molar-refractivity contribution in [3.8, 4) is 5.69 Å². The van der Waals surface area contributed by atoms with Gasteiger partial charge in [-0.05, 0) is 30.5 Å². The zero-order valence-electron chi connectivity index (χ0n) is 12.6. The molecule has 0 spiro atoms. The van der Waals surface area contributed by atoms with Crippen molar-refractivity contribution in [2.75, 3.05) is 6.54 Å². The predicted molar refractivity (Wildman–Crippen MR) is 85.3 cm³/mol. The van der Waals surface area contributed by atoms with Gasteiger partial charge in [0.05, 0.1) is 23.1 Å². The summed E-state index contributed by atoms with van der Waals surface area (Å²) in [5.41, 5.74) is 2.38. The van der Waals surface area contributed by atoms with Gasteiger partial charge in [0.15, 0.2) is 0 Å². The SMILES string of the molecule is CCCNC(=O)c1cnn(-c2cccc(Cl)c2)c1C(C)C. The maximum atomic E-state index is 12.2. The molecule has 1 aromatic carbocycles. The summed E-state index contributed by atoms with van der Waals surface area (Å²) in [5, 5.41) is 7.92. The highest BCUT2D eigenvalue weighted by molar-refractivity contribution is 6.30. The first kappa shape index (κ1) is 15.6. The number of hydrogen-bond donors (Lipinski definition) is 1. The fourth-order valence-corrected chi connectivity index (χ4v) is 2.42. The van der Waals surface area contributed by atoms with Gasteiger partial charge in [-0.3, -0.25) is 4.79 Å². The lowest BCUT2D eigenvalue weighted by Crippen LogP contribution is -2.25. The molecule has 21 heavy (non-hydrogen) atoms. The van der Waals surface area contributed by atoms with Crippen molar-refractivity contribution in [3.05, 3.63) is 46.7 Å². The molecule has 0 bridgehead atoms. The quantitative estimate of drug-likeness (QED) is 0.913. The molecule has 0 aliphatic carbocycles. The molecule has 2 rings (SSSR count). The second-order valence-electron chi connectivity index (χ2n) is 5.25. The second-order valence-corrected chi connectivity index (χ2v) is 5.68. The van der Waals surface area contributed by atoms with Crippen LogP contribution >= 0.6 is 11.6 Å². The Morgan fingerprint density at radius 2 is 2.19 bits per heavy atom. The number of rotatable bonds is 5. The van der Waals surface area contributed by atoms with E-state index in [1.54, 1.807) is 10.9 Å². The Morgan fingerprint density at radius 1 is 1.43 bits per heavy atom. The molecule has 1 aromatic heterocycles. The summed E-state index contributed by atoms with van der Waals surface area (Å²) < 4.78 is 1.79. The topological polar surface area (TPSA) is 46.9 Å². The van der Waals surface area contributed by atoms with E-state index in [0.29, 0.717) is 17.1 Å². The number of benzene rings is 1. The van der Waals surface area contributed by atoms with Crippen molar-refractivity contribution in [1.82, 2.24) is 15.1 Å². The summed E-state index contributed by atoms with van der Waals surface area (Å²) in [7, 11) is 0. The van der Waals surface area contributed by atoms with E-state index < -0.39 is 0 Å². The van der Waals surface area contributed by atoms with Gasteiger partial charge in [0.25, 0.3) is 5.91 Å². The lowest BCUT2D eigenvalue weighted by Gasteiger charge is -2.13. The Labute approximate surface area is 130 Å². The molecule has 0 atom stereocenters. The summed E-state index contributed by atoms with van der Waals surface area (Å²) >= 11 is 6.04. The highest BCUT2D eigenvalue weighted by Gasteiger charge is 2.20. The Hall–Kier alpha value is -1.81. The Morgan fingerprint density at radius 3 is 2.81 bits per heavy atom. The van der Waals surface area contributed by atoms with Gasteiger partial charge in [-0.25, -0.2) is 4.68 Å². The minimum atomic E-state index is -0.0752. The number of hydrogen-bond acceptors (Lipinski definition) is 2. The number of halogens is 1. The van der Waals surface area contributed by atoms with E-state index in [9.17, 15) is 4.79 Å². The lowest BCUT2D eigenvalue weighted by molar-refractivity contribution is 0.0952. The first-order valence-electron chi connectivity index (χ1n) is 7.16. The minimum absolute atomic E-state index is 0.0752. The van der Waals surface area contributed by atoms with Crippen LogP contribution in [0.25, 0.3) is 5.69 Å². The molecule has 0 unspecified atom stereocenters. The second kappa shape index (κ2) is 6.76. The lowest BCUT2D eigenvalue weighted by atomic mass is 10.0. The highest BCUT2D eigenvalue weighted by atomic mass is 35.5. The monoisotopic (exact) mass is 305 g/mol. The van der Waals surface area contributed by atoms with E-state index in [4.69, 9.17) is 11.6 Å². The van der Waals surface area contributed by atoms with Crippen LogP contribution in [-0.4, -0.2) is 22.2 Å². The van der Waals surface area contributed by atoms with Gasteiger partial charge in [-0.1, -0.05) is 38.4 Å². The van der Waals surface area contributed by atoms with E-state index in [0.717, 1.165) is 17.8 Å². The van der Waals surface area contributed by atoms with Crippen LogP contribution < -0.4 is 5.32 Å². The fraction of sp³-hybridized carbons (Fsp3) is 0.375. The molecule has 4 nitrogen and oxygen atoms in total. The molecule has 2 aromatic rings. The number of aromatic nitrogens is 2. The number of carbonyl (C=O) groups is 1. The van der Waals surface area contributed by atoms with E-state index in [1.165, 1.54) is 0 Å². The molecule has 0 aliphatic rings. The molecule has 0 aliphatic heterocycles. The number of carbonyl (C=O) groups excluding carboxylic acids is 1. The summed E-state index contributed by atoms with van der Waals surface area (Å²) in [4.78, 5) is 12.2. The first-order chi connectivity index (χ1) is 10.0. The molecular formula is C16H20ClN3O. The predicted octanol–water partition coefficient (Wildman–Crippen LogP) is 3.79. The molecule has 0 radical (unpaired) electrons. The van der Waals surface area contributed by atoms with Crippen molar-refractivity contribution in [2.45, 2.75) is 33.1 Å².